The molecule has 1 aromatic rings. The molecule has 0 aliphatic carbocycles. The van der Waals surface area contributed by atoms with Crippen molar-refractivity contribution >= 4 is 17.5 Å². The van der Waals surface area contributed by atoms with Gasteiger partial charge in [0, 0.05) is 18.8 Å². The zero-order valence-electron chi connectivity index (χ0n) is 13.8. The third-order valence-electron chi connectivity index (χ3n) is 4.17. The average Bonchev–Trinajstić information content (AvgIpc) is 2.48. The van der Waals surface area contributed by atoms with Gasteiger partial charge in [0.15, 0.2) is 0 Å². The van der Waals surface area contributed by atoms with E-state index in [-0.39, 0.29) is 24.4 Å². The van der Waals surface area contributed by atoms with Crippen molar-refractivity contribution in [3.05, 3.63) is 29.3 Å². The van der Waals surface area contributed by atoms with E-state index in [1.807, 2.05) is 36.9 Å². The molecule has 0 unspecified atom stereocenters. The Morgan fingerprint density at radius 3 is 2.68 bits per heavy atom. The number of benzene rings is 1. The molecule has 1 aliphatic heterocycles. The fourth-order valence-electron chi connectivity index (χ4n) is 2.72. The molecule has 1 saturated heterocycles. The maximum atomic E-state index is 12.6. The SMILES string of the molecule is Cc1cccc(C(C)C)c1NC(=O)[C@H](C)N1CCNC(=O)C1. The first kappa shape index (κ1) is 16.5. The molecule has 1 heterocycles. The minimum absolute atomic E-state index is 0.0235. The predicted molar refractivity (Wildman–Crippen MR) is 87.9 cm³/mol. The Morgan fingerprint density at radius 2 is 2.05 bits per heavy atom. The van der Waals surface area contributed by atoms with Crippen LogP contribution in [0.25, 0.3) is 0 Å². The van der Waals surface area contributed by atoms with Crippen molar-refractivity contribution in [1.29, 1.82) is 0 Å². The van der Waals surface area contributed by atoms with E-state index in [0.29, 0.717) is 19.0 Å². The van der Waals surface area contributed by atoms with Crippen LogP contribution < -0.4 is 10.6 Å². The molecule has 1 fully saturated rings. The van der Waals surface area contributed by atoms with Crippen LogP contribution in [0.4, 0.5) is 5.69 Å². The summed E-state index contributed by atoms with van der Waals surface area (Å²) in [7, 11) is 0. The first-order chi connectivity index (χ1) is 10.4. The third-order valence-corrected chi connectivity index (χ3v) is 4.17. The molecule has 0 spiro atoms. The lowest BCUT2D eigenvalue weighted by Crippen LogP contribution is -2.53. The second-order valence-electron chi connectivity index (χ2n) is 6.18. The van der Waals surface area contributed by atoms with Crippen LogP contribution in [0.15, 0.2) is 18.2 Å². The Hall–Kier alpha value is -1.88. The Balaban J connectivity index is 2.13. The summed E-state index contributed by atoms with van der Waals surface area (Å²) in [6.07, 6.45) is 0. The van der Waals surface area contributed by atoms with Gasteiger partial charge >= 0.3 is 0 Å². The molecule has 0 saturated carbocycles. The third kappa shape index (κ3) is 3.65. The van der Waals surface area contributed by atoms with Crippen LogP contribution in [-0.2, 0) is 9.59 Å². The zero-order valence-corrected chi connectivity index (χ0v) is 13.8. The molecule has 1 aromatic carbocycles. The maximum Gasteiger partial charge on any atom is 0.241 e. The summed E-state index contributed by atoms with van der Waals surface area (Å²) in [6.45, 7) is 9.65. The van der Waals surface area contributed by atoms with E-state index >= 15 is 0 Å². The van der Waals surface area contributed by atoms with Crippen LogP contribution in [0, 0.1) is 6.92 Å². The number of piperazine rings is 1. The summed E-state index contributed by atoms with van der Waals surface area (Å²) in [5.41, 5.74) is 3.09. The molecule has 2 N–H and O–H groups in total. The van der Waals surface area contributed by atoms with Gasteiger partial charge in [0.25, 0.3) is 0 Å². The number of rotatable bonds is 4. The number of aryl methyl sites for hydroxylation is 1. The largest absolute Gasteiger partial charge is 0.354 e. The monoisotopic (exact) mass is 303 g/mol. The van der Waals surface area contributed by atoms with Crippen LogP contribution in [0.5, 0.6) is 0 Å². The van der Waals surface area contributed by atoms with Gasteiger partial charge in [-0.1, -0.05) is 32.0 Å². The van der Waals surface area contributed by atoms with Gasteiger partial charge in [-0.15, -0.1) is 0 Å². The second-order valence-corrected chi connectivity index (χ2v) is 6.18. The molecule has 2 rings (SSSR count). The van der Waals surface area contributed by atoms with Gasteiger partial charge in [-0.05, 0) is 30.9 Å². The number of carbonyl (C=O) groups is 2. The summed E-state index contributed by atoms with van der Waals surface area (Å²) in [5.74, 6) is 0.252. The Labute approximate surface area is 132 Å². The number of para-hydroxylation sites is 1. The van der Waals surface area contributed by atoms with Crippen molar-refractivity contribution in [1.82, 2.24) is 10.2 Å². The minimum Gasteiger partial charge on any atom is -0.354 e. The lowest BCUT2D eigenvalue weighted by molar-refractivity contribution is -0.127. The first-order valence-electron chi connectivity index (χ1n) is 7.81. The van der Waals surface area contributed by atoms with E-state index in [4.69, 9.17) is 0 Å². The highest BCUT2D eigenvalue weighted by atomic mass is 16.2. The van der Waals surface area contributed by atoms with Crippen LogP contribution in [0.3, 0.4) is 0 Å². The molecule has 5 nitrogen and oxygen atoms in total. The maximum absolute atomic E-state index is 12.6. The molecule has 120 valence electrons. The summed E-state index contributed by atoms with van der Waals surface area (Å²) in [6, 6.07) is 5.73. The molecule has 22 heavy (non-hydrogen) atoms. The lowest BCUT2D eigenvalue weighted by atomic mass is 9.98. The Kier molecular flexibility index (Phi) is 5.19. The molecular weight excluding hydrogens is 278 g/mol. The van der Waals surface area contributed by atoms with E-state index in [2.05, 4.69) is 24.5 Å². The number of anilines is 1. The van der Waals surface area contributed by atoms with Crippen molar-refractivity contribution in [3.63, 3.8) is 0 Å². The number of hydrogen-bond acceptors (Lipinski definition) is 3. The fraction of sp³-hybridized carbons (Fsp3) is 0.529. The highest BCUT2D eigenvalue weighted by Gasteiger charge is 2.26. The molecule has 0 bridgehead atoms. The summed E-state index contributed by atoms with van der Waals surface area (Å²) < 4.78 is 0. The van der Waals surface area contributed by atoms with Crippen molar-refractivity contribution in [2.75, 3.05) is 25.0 Å². The fourth-order valence-corrected chi connectivity index (χ4v) is 2.72. The van der Waals surface area contributed by atoms with Gasteiger partial charge in [0.1, 0.15) is 0 Å². The van der Waals surface area contributed by atoms with Gasteiger partial charge in [-0.2, -0.15) is 0 Å². The molecular formula is C17H25N3O2. The predicted octanol–water partition coefficient (Wildman–Crippen LogP) is 1.88. The average molecular weight is 303 g/mol. The molecule has 2 amide bonds. The second kappa shape index (κ2) is 6.92. The quantitative estimate of drug-likeness (QED) is 0.893. The smallest absolute Gasteiger partial charge is 0.241 e. The van der Waals surface area contributed by atoms with Crippen molar-refractivity contribution in [2.45, 2.75) is 39.7 Å². The van der Waals surface area contributed by atoms with Crippen LogP contribution in [0.1, 0.15) is 37.8 Å². The Morgan fingerprint density at radius 1 is 1.32 bits per heavy atom. The number of nitrogens with one attached hydrogen (secondary N) is 2. The molecule has 0 radical (unpaired) electrons. The molecule has 5 heteroatoms. The standard InChI is InChI=1S/C17H25N3O2/c1-11(2)14-7-5-6-12(3)16(14)19-17(22)13(4)20-9-8-18-15(21)10-20/h5-7,11,13H,8-10H2,1-4H3,(H,18,21)(H,19,22)/t13-/m0/s1. The highest BCUT2D eigenvalue weighted by Crippen LogP contribution is 2.27. The summed E-state index contributed by atoms with van der Waals surface area (Å²) in [4.78, 5) is 25.9. The van der Waals surface area contributed by atoms with Crippen molar-refractivity contribution in [2.24, 2.45) is 0 Å². The minimum atomic E-state index is -0.328. The van der Waals surface area contributed by atoms with Crippen LogP contribution >= 0.6 is 0 Å². The molecule has 1 atom stereocenters. The number of amides is 2. The van der Waals surface area contributed by atoms with Crippen molar-refractivity contribution < 1.29 is 9.59 Å². The first-order valence-corrected chi connectivity index (χ1v) is 7.81. The van der Waals surface area contributed by atoms with Gasteiger partial charge in [-0.25, -0.2) is 0 Å². The summed E-state index contributed by atoms with van der Waals surface area (Å²) >= 11 is 0. The van der Waals surface area contributed by atoms with E-state index in [1.165, 1.54) is 0 Å². The van der Waals surface area contributed by atoms with Gasteiger partial charge in [-0.3, -0.25) is 14.5 Å². The van der Waals surface area contributed by atoms with Crippen LogP contribution in [-0.4, -0.2) is 42.4 Å². The number of nitrogens with zero attached hydrogens (tertiary/aromatic N) is 1. The van der Waals surface area contributed by atoms with E-state index < -0.39 is 0 Å². The Bertz CT molecular complexity index is 569. The highest BCUT2D eigenvalue weighted by molar-refractivity contribution is 5.96. The zero-order chi connectivity index (χ0) is 16.3. The summed E-state index contributed by atoms with van der Waals surface area (Å²) in [5, 5.41) is 5.84. The van der Waals surface area contributed by atoms with Crippen LogP contribution in [0.2, 0.25) is 0 Å². The molecule has 1 aliphatic rings. The normalized spacial score (nSPS) is 17.2. The van der Waals surface area contributed by atoms with Crippen molar-refractivity contribution in [3.8, 4) is 0 Å². The van der Waals surface area contributed by atoms with Gasteiger partial charge in [0.05, 0.1) is 12.6 Å². The van der Waals surface area contributed by atoms with Gasteiger partial charge in [0.2, 0.25) is 11.8 Å². The van der Waals surface area contributed by atoms with E-state index in [1.54, 1.807) is 0 Å². The van der Waals surface area contributed by atoms with E-state index in [9.17, 15) is 9.59 Å². The number of hydrogen-bond donors (Lipinski definition) is 2. The lowest BCUT2D eigenvalue weighted by Gasteiger charge is -2.31. The topological polar surface area (TPSA) is 61.4 Å². The molecule has 0 aromatic heterocycles. The van der Waals surface area contributed by atoms with Gasteiger partial charge < -0.3 is 10.6 Å². The van der Waals surface area contributed by atoms with E-state index in [0.717, 1.165) is 16.8 Å². The number of carbonyl (C=O) groups excluding carboxylic acids is 2.